The van der Waals surface area contributed by atoms with Gasteiger partial charge in [-0.3, -0.25) is 9.48 Å². The second kappa shape index (κ2) is 7.35. The minimum Gasteiger partial charge on any atom is -0.445 e. The molecule has 2 aliphatic heterocycles. The Morgan fingerprint density at radius 3 is 3.00 bits per heavy atom. The van der Waals surface area contributed by atoms with Crippen LogP contribution in [0.3, 0.4) is 0 Å². The Hall–Kier alpha value is -2.22. The summed E-state index contributed by atoms with van der Waals surface area (Å²) in [4.78, 5) is 22.9. The minimum atomic E-state index is 0.168. The molecule has 0 spiro atoms. The van der Waals surface area contributed by atoms with Crippen LogP contribution in [-0.4, -0.2) is 50.3 Å². The molecule has 0 atom stereocenters. The molecule has 1 fully saturated rings. The molecular formula is C17H23N5O3. The van der Waals surface area contributed by atoms with Gasteiger partial charge in [0.2, 0.25) is 5.91 Å². The Morgan fingerprint density at radius 2 is 2.20 bits per heavy atom. The van der Waals surface area contributed by atoms with Crippen molar-refractivity contribution in [1.29, 1.82) is 0 Å². The maximum Gasteiger partial charge on any atom is 0.223 e. The molecule has 2 aromatic heterocycles. The van der Waals surface area contributed by atoms with Crippen molar-refractivity contribution >= 4 is 5.91 Å². The molecule has 0 aromatic carbocycles. The number of nitrogens with zero attached hydrogens (tertiary/aromatic N) is 5. The first-order valence-corrected chi connectivity index (χ1v) is 8.96. The third kappa shape index (κ3) is 3.73. The van der Waals surface area contributed by atoms with Gasteiger partial charge in [-0.2, -0.15) is 5.10 Å². The SMILES string of the molecule is O=C(CCCn1cncn1)N1CCc2oc(C3CCOCC3)nc2C1. The molecule has 0 N–H and O–H groups in total. The number of carbonyl (C=O) groups excluding carboxylic acids is 1. The first kappa shape index (κ1) is 16.3. The summed E-state index contributed by atoms with van der Waals surface area (Å²) in [5.74, 6) is 2.30. The molecule has 8 nitrogen and oxygen atoms in total. The molecule has 0 unspecified atom stereocenters. The van der Waals surface area contributed by atoms with E-state index in [-0.39, 0.29) is 5.91 Å². The van der Waals surface area contributed by atoms with Crippen LogP contribution in [0, 0.1) is 0 Å². The normalized spacial score (nSPS) is 18.3. The molecule has 134 valence electrons. The summed E-state index contributed by atoms with van der Waals surface area (Å²) in [6.07, 6.45) is 7.13. The molecule has 4 rings (SSSR count). The summed E-state index contributed by atoms with van der Waals surface area (Å²) in [5, 5.41) is 4.05. The second-order valence-corrected chi connectivity index (χ2v) is 6.64. The van der Waals surface area contributed by atoms with E-state index in [1.807, 2.05) is 4.90 Å². The van der Waals surface area contributed by atoms with Gasteiger partial charge in [-0.1, -0.05) is 0 Å². The van der Waals surface area contributed by atoms with Gasteiger partial charge in [0.05, 0.1) is 6.54 Å². The van der Waals surface area contributed by atoms with Gasteiger partial charge >= 0.3 is 0 Å². The Labute approximate surface area is 146 Å². The predicted octanol–water partition coefficient (Wildman–Crippen LogP) is 1.53. The average molecular weight is 345 g/mol. The molecule has 8 heteroatoms. The predicted molar refractivity (Wildman–Crippen MR) is 87.7 cm³/mol. The van der Waals surface area contributed by atoms with Crippen molar-refractivity contribution in [3.05, 3.63) is 30.0 Å². The highest BCUT2D eigenvalue weighted by molar-refractivity contribution is 5.76. The minimum absolute atomic E-state index is 0.168. The van der Waals surface area contributed by atoms with Crippen molar-refractivity contribution in [2.45, 2.75) is 51.1 Å². The fourth-order valence-electron chi connectivity index (χ4n) is 3.45. The lowest BCUT2D eigenvalue weighted by Gasteiger charge is -2.25. The van der Waals surface area contributed by atoms with E-state index in [1.165, 1.54) is 6.33 Å². The second-order valence-electron chi connectivity index (χ2n) is 6.64. The van der Waals surface area contributed by atoms with Crippen LogP contribution >= 0.6 is 0 Å². The van der Waals surface area contributed by atoms with Gasteiger partial charge in [0, 0.05) is 45.1 Å². The van der Waals surface area contributed by atoms with E-state index in [0.29, 0.717) is 32.0 Å². The number of amides is 1. The maximum absolute atomic E-state index is 12.5. The Kier molecular flexibility index (Phi) is 4.78. The van der Waals surface area contributed by atoms with Crippen molar-refractivity contribution in [3.63, 3.8) is 0 Å². The van der Waals surface area contributed by atoms with E-state index in [0.717, 1.165) is 56.2 Å². The number of oxazole rings is 1. The molecule has 0 aliphatic carbocycles. The van der Waals surface area contributed by atoms with E-state index < -0.39 is 0 Å². The molecule has 1 amide bonds. The topological polar surface area (TPSA) is 86.3 Å². The summed E-state index contributed by atoms with van der Waals surface area (Å²) in [5.41, 5.74) is 0.928. The van der Waals surface area contributed by atoms with Crippen molar-refractivity contribution < 1.29 is 13.9 Å². The van der Waals surface area contributed by atoms with Crippen molar-refractivity contribution in [2.24, 2.45) is 0 Å². The Bertz CT molecular complexity index is 706. The molecule has 2 aromatic rings. The fourth-order valence-corrected chi connectivity index (χ4v) is 3.45. The molecule has 25 heavy (non-hydrogen) atoms. The van der Waals surface area contributed by atoms with Crippen LogP contribution in [0.1, 0.15) is 48.9 Å². The van der Waals surface area contributed by atoms with Crippen LogP contribution in [0.2, 0.25) is 0 Å². The zero-order valence-corrected chi connectivity index (χ0v) is 14.3. The highest BCUT2D eigenvalue weighted by Gasteiger charge is 2.28. The summed E-state index contributed by atoms with van der Waals surface area (Å²) in [6, 6.07) is 0. The van der Waals surface area contributed by atoms with Crippen LogP contribution in [0.5, 0.6) is 0 Å². The first-order chi connectivity index (χ1) is 12.3. The number of hydrogen-bond acceptors (Lipinski definition) is 6. The van der Waals surface area contributed by atoms with Crippen molar-refractivity contribution in [2.75, 3.05) is 19.8 Å². The monoisotopic (exact) mass is 345 g/mol. The third-order valence-electron chi connectivity index (χ3n) is 4.91. The van der Waals surface area contributed by atoms with Crippen molar-refractivity contribution in [1.82, 2.24) is 24.6 Å². The van der Waals surface area contributed by atoms with Gasteiger partial charge in [0.25, 0.3) is 0 Å². The highest BCUT2D eigenvalue weighted by atomic mass is 16.5. The summed E-state index contributed by atoms with van der Waals surface area (Å²) in [6.45, 7) is 3.52. The number of carbonyl (C=O) groups is 1. The van der Waals surface area contributed by atoms with Crippen LogP contribution in [0.4, 0.5) is 0 Å². The highest BCUT2D eigenvalue weighted by Crippen LogP contribution is 2.30. The Morgan fingerprint density at radius 1 is 1.32 bits per heavy atom. The van der Waals surface area contributed by atoms with Crippen LogP contribution < -0.4 is 0 Å². The molecule has 2 aliphatic rings. The van der Waals surface area contributed by atoms with Crippen LogP contribution in [-0.2, 0) is 29.0 Å². The molecule has 1 saturated heterocycles. The lowest BCUT2D eigenvalue weighted by atomic mass is 10.0. The number of hydrogen-bond donors (Lipinski definition) is 0. The van der Waals surface area contributed by atoms with Gasteiger partial charge in [0.1, 0.15) is 24.1 Å². The van der Waals surface area contributed by atoms with E-state index in [9.17, 15) is 4.79 Å². The largest absolute Gasteiger partial charge is 0.445 e. The number of aromatic nitrogens is 4. The van der Waals surface area contributed by atoms with E-state index in [4.69, 9.17) is 9.15 Å². The number of fused-ring (bicyclic) bond motifs is 1. The zero-order chi connectivity index (χ0) is 17.1. The molecular weight excluding hydrogens is 322 g/mol. The van der Waals surface area contributed by atoms with Crippen LogP contribution in [0.15, 0.2) is 17.1 Å². The maximum atomic E-state index is 12.5. The average Bonchev–Trinajstić information content (AvgIpc) is 3.31. The van der Waals surface area contributed by atoms with Crippen molar-refractivity contribution in [3.8, 4) is 0 Å². The zero-order valence-electron chi connectivity index (χ0n) is 14.3. The summed E-state index contributed by atoms with van der Waals surface area (Å²) >= 11 is 0. The van der Waals surface area contributed by atoms with E-state index >= 15 is 0 Å². The summed E-state index contributed by atoms with van der Waals surface area (Å²) < 4.78 is 13.1. The van der Waals surface area contributed by atoms with Gasteiger partial charge in [-0.25, -0.2) is 9.97 Å². The van der Waals surface area contributed by atoms with Gasteiger partial charge < -0.3 is 14.1 Å². The van der Waals surface area contributed by atoms with Gasteiger partial charge in [-0.05, 0) is 19.3 Å². The molecule has 4 heterocycles. The quantitative estimate of drug-likeness (QED) is 0.817. The standard InChI is InChI=1S/C17H23N5O3/c23-16(2-1-6-22-12-18-11-19-22)21-7-3-15-14(10-21)20-17(25-15)13-4-8-24-9-5-13/h11-13H,1-10H2. The number of rotatable bonds is 5. The number of ether oxygens (including phenoxy) is 1. The lowest BCUT2D eigenvalue weighted by molar-refractivity contribution is -0.132. The summed E-state index contributed by atoms with van der Waals surface area (Å²) in [7, 11) is 0. The fraction of sp³-hybridized carbons (Fsp3) is 0.647. The first-order valence-electron chi connectivity index (χ1n) is 8.96. The number of aryl methyl sites for hydroxylation is 1. The molecule has 0 saturated carbocycles. The molecule has 0 bridgehead atoms. The van der Waals surface area contributed by atoms with Gasteiger partial charge in [0.15, 0.2) is 5.89 Å². The van der Waals surface area contributed by atoms with Crippen LogP contribution in [0.25, 0.3) is 0 Å². The third-order valence-corrected chi connectivity index (χ3v) is 4.91. The van der Waals surface area contributed by atoms with Gasteiger partial charge in [-0.15, -0.1) is 0 Å². The molecule has 0 radical (unpaired) electrons. The van der Waals surface area contributed by atoms with E-state index in [2.05, 4.69) is 15.1 Å². The lowest BCUT2D eigenvalue weighted by Crippen LogP contribution is -2.35. The smallest absolute Gasteiger partial charge is 0.223 e. The van der Waals surface area contributed by atoms with E-state index in [1.54, 1.807) is 11.0 Å². The Balaban J connectivity index is 1.32.